The maximum atomic E-state index is 13.4. The van der Waals surface area contributed by atoms with Crippen molar-refractivity contribution in [3.63, 3.8) is 0 Å². The van der Waals surface area contributed by atoms with Crippen LogP contribution in [-0.4, -0.2) is 67.0 Å². The first-order chi connectivity index (χ1) is 12.5. The highest BCUT2D eigenvalue weighted by Gasteiger charge is 2.48. The Labute approximate surface area is 153 Å². The van der Waals surface area contributed by atoms with Gasteiger partial charge in [-0.25, -0.2) is 4.79 Å². The van der Waals surface area contributed by atoms with Crippen LogP contribution in [0.4, 0.5) is 0 Å². The Morgan fingerprint density at radius 1 is 1.27 bits per heavy atom. The number of aromatic nitrogens is 1. The molecular formula is C20H27N2O4+. The number of benzene rings is 1. The molecule has 1 saturated heterocycles. The van der Waals surface area contributed by atoms with E-state index in [1.54, 1.807) is 12.3 Å². The minimum Gasteiger partial charge on any atom is -0.453 e. The van der Waals surface area contributed by atoms with Gasteiger partial charge < -0.3 is 24.0 Å². The van der Waals surface area contributed by atoms with Crippen molar-refractivity contribution in [3.05, 3.63) is 59.9 Å². The second-order valence-corrected chi connectivity index (χ2v) is 7.36. The molecule has 1 aromatic carbocycles. The largest absolute Gasteiger partial charge is 0.453 e. The number of hydrogen-bond donors (Lipinski definition) is 2. The van der Waals surface area contributed by atoms with Crippen LogP contribution in [0, 0.1) is 0 Å². The fraction of sp³-hybridized carbons (Fsp3) is 0.450. The van der Waals surface area contributed by atoms with E-state index >= 15 is 0 Å². The summed E-state index contributed by atoms with van der Waals surface area (Å²) in [6.45, 7) is 1.59. The van der Waals surface area contributed by atoms with Crippen LogP contribution >= 0.6 is 0 Å². The summed E-state index contributed by atoms with van der Waals surface area (Å²) in [7, 11) is 4.26. The van der Waals surface area contributed by atoms with Crippen LogP contribution in [0.3, 0.4) is 0 Å². The lowest BCUT2D eigenvalue weighted by molar-refractivity contribution is -0.879. The zero-order chi connectivity index (χ0) is 18.6. The van der Waals surface area contributed by atoms with Crippen LogP contribution in [0.25, 0.3) is 0 Å². The van der Waals surface area contributed by atoms with E-state index in [9.17, 15) is 9.90 Å². The zero-order valence-corrected chi connectivity index (χ0v) is 15.4. The summed E-state index contributed by atoms with van der Waals surface area (Å²) < 4.78 is 12.7. The lowest BCUT2D eigenvalue weighted by Gasteiger charge is -2.32. The first kappa shape index (κ1) is 18.6. The molecule has 0 radical (unpaired) electrons. The van der Waals surface area contributed by atoms with Gasteiger partial charge in [-0.15, -0.1) is 0 Å². The van der Waals surface area contributed by atoms with Crippen LogP contribution < -0.4 is 0 Å². The van der Waals surface area contributed by atoms with Crippen molar-refractivity contribution in [1.82, 2.24) is 4.98 Å². The molecule has 1 aliphatic heterocycles. The van der Waals surface area contributed by atoms with Crippen LogP contribution in [0.1, 0.15) is 17.7 Å². The third-order valence-electron chi connectivity index (χ3n) is 4.88. The molecule has 0 spiro atoms. The quantitative estimate of drug-likeness (QED) is 0.583. The minimum atomic E-state index is -1.42. The van der Waals surface area contributed by atoms with E-state index in [0.717, 1.165) is 24.0 Å². The Kier molecular flexibility index (Phi) is 5.46. The first-order valence-corrected chi connectivity index (χ1v) is 8.95. The van der Waals surface area contributed by atoms with Gasteiger partial charge >= 0.3 is 5.97 Å². The molecule has 2 unspecified atom stereocenters. The molecule has 1 fully saturated rings. The molecule has 26 heavy (non-hydrogen) atoms. The normalized spacial score (nSPS) is 21.3. The van der Waals surface area contributed by atoms with Crippen molar-refractivity contribution in [3.8, 4) is 0 Å². The Morgan fingerprint density at radius 2 is 2.04 bits per heavy atom. The van der Waals surface area contributed by atoms with Gasteiger partial charge in [-0.2, -0.15) is 0 Å². The van der Waals surface area contributed by atoms with E-state index in [1.807, 2.05) is 36.4 Å². The lowest BCUT2D eigenvalue weighted by atomic mass is 9.90. The Hall–Kier alpha value is -2.15. The van der Waals surface area contributed by atoms with Gasteiger partial charge in [0, 0.05) is 18.2 Å². The maximum Gasteiger partial charge on any atom is 0.349 e. The summed E-state index contributed by atoms with van der Waals surface area (Å²) in [5, 5.41) is 9.32. The number of likely N-dealkylation sites (N-methyl/N-ethyl adjacent to an activating group) is 1. The SMILES string of the molecule is C[N+]1(C)CCC(OC(=O)C(OCCO)(c2ccccc2)c2ccc[nH]2)C1. The summed E-state index contributed by atoms with van der Waals surface area (Å²) in [4.78, 5) is 16.5. The number of aliphatic hydroxyl groups excluding tert-OH is 1. The fourth-order valence-corrected chi connectivity index (χ4v) is 3.58. The molecule has 140 valence electrons. The number of esters is 1. The number of quaternary nitrogens is 1. The Morgan fingerprint density at radius 3 is 2.62 bits per heavy atom. The molecular weight excluding hydrogens is 332 g/mol. The van der Waals surface area contributed by atoms with E-state index in [1.165, 1.54) is 0 Å². The Balaban J connectivity index is 1.97. The van der Waals surface area contributed by atoms with E-state index in [-0.39, 0.29) is 19.3 Å². The highest BCUT2D eigenvalue weighted by atomic mass is 16.6. The molecule has 0 bridgehead atoms. The molecule has 2 heterocycles. The molecule has 2 aromatic rings. The zero-order valence-electron chi connectivity index (χ0n) is 15.4. The smallest absolute Gasteiger partial charge is 0.349 e. The molecule has 0 aliphatic carbocycles. The summed E-state index contributed by atoms with van der Waals surface area (Å²) >= 11 is 0. The van der Waals surface area contributed by atoms with Gasteiger partial charge in [0.15, 0.2) is 6.10 Å². The first-order valence-electron chi connectivity index (χ1n) is 8.95. The average Bonchev–Trinajstić information content (AvgIpc) is 3.27. The van der Waals surface area contributed by atoms with Gasteiger partial charge in [0.2, 0.25) is 5.60 Å². The lowest BCUT2D eigenvalue weighted by Crippen LogP contribution is -2.45. The second kappa shape index (κ2) is 7.61. The van der Waals surface area contributed by atoms with Crippen LogP contribution in [0.2, 0.25) is 0 Å². The number of nitrogens with zero attached hydrogens (tertiary/aromatic N) is 1. The molecule has 6 nitrogen and oxygen atoms in total. The van der Waals surface area contributed by atoms with Gasteiger partial charge in [-0.1, -0.05) is 30.3 Å². The van der Waals surface area contributed by atoms with E-state index in [0.29, 0.717) is 11.3 Å². The predicted octanol–water partition coefficient (Wildman–Crippen LogP) is 1.66. The van der Waals surface area contributed by atoms with Crippen molar-refractivity contribution in [2.24, 2.45) is 0 Å². The summed E-state index contributed by atoms with van der Waals surface area (Å²) in [6.07, 6.45) is 2.43. The summed E-state index contributed by atoms with van der Waals surface area (Å²) in [5.74, 6) is -0.452. The monoisotopic (exact) mass is 359 g/mol. The van der Waals surface area contributed by atoms with E-state index < -0.39 is 11.6 Å². The molecule has 0 saturated carbocycles. The molecule has 1 aliphatic rings. The molecule has 3 rings (SSSR count). The number of aliphatic hydroxyl groups is 1. The van der Waals surface area contributed by atoms with Gasteiger partial charge in [0.25, 0.3) is 0 Å². The van der Waals surface area contributed by atoms with Crippen molar-refractivity contribution in [2.75, 3.05) is 40.4 Å². The number of nitrogens with one attached hydrogen (secondary N) is 1. The topological polar surface area (TPSA) is 71.6 Å². The van der Waals surface area contributed by atoms with Gasteiger partial charge in [-0.3, -0.25) is 0 Å². The average molecular weight is 359 g/mol. The summed E-state index contributed by atoms with van der Waals surface area (Å²) in [6, 6.07) is 12.9. The van der Waals surface area contributed by atoms with Crippen molar-refractivity contribution >= 4 is 5.97 Å². The number of carbonyl (C=O) groups excluding carboxylic acids is 1. The minimum absolute atomic E-state index is 0.0231. The number of carbonyl (C=O) groups is 1. The highest BCUT2D eigenvalue weighted by molar-refractivity contribution is 5.85. The molecule has 1 aromatic heterocycles. The summed E-state index contributed by atoms with van der Waals surface area (Å²) in [5.41, 5.74) is -0.158. The standard InChI is InChI=1S/C20H27N2O4/c1-22(2)12-10-17(15-22)26-19(24)20(25-14-13-23,18-9-6-11-21-18)16-7-4-3-5-8-16/h3-9,11,17,21,23H,10,12-15H2,1-2H3/q+1. The Bertz CT molecular complexity index is 715. The van der Waals surface area contributed by atoms with Gasteiger partial charge in [0.1, 0.15) is 6.54 Å². The molecule has 2 atom stereocenters. The number of H-pyrrole nitrogens is 1. The molecule has 6 heteroatoms. The number of ether oxygens (including phenoxy) is 2. The third kappa shape index (κ3) is 3.67. The van der Waals surface area contributed by atoms with Crippen molar-refractivity contribution < 1.29 is 23.9 Å². The van der Waals surface area contributed by atoms with Gasteiger partial charge in [-0.05, 0) is 12.1 Å². The van der Waals surface area contributed by atoms with Crippen LogP contribution in [0.15, 0.2) is 48.7 Å². The predicted molar refractivity (Wildman–Crippen MR) is 97.4 cm³/mol. The highest BCUT2D eigenvalue weighted by Crippen LogP contribution is 2.35. The third-order valence-corrected chi connectivity index (χ3v) is 4.88. The number of hydrogen-bond acceptors (Lipinski definition) is 4. The van der Waals surface area contributed by atoms with Crippen molar-refractivity contribution in [2.45, 2.75) is 18.1 Å². The molecule has 0 amide bonds. The van der Waals surface area contributed by atoms with E-state index in [4.69, 9.17) is 9.47 Å². The van der Waals surface area contributed by atoms with E-state index in [2.05, 4.69) is 19.1 Å². The van der Waals surface area contributed by atoms with Crippen LogP contribution in [-0.2, 0) is 19.9 Å². The number of rotatable bonds is 7. The number of likely N-dealkylation sites (tertiary alicyclic amines) is 1. The number of aromatic amines is 1. The van der Waals surface area contributed by atoms with Crippen molar-refractivity contribution in [1.29, 1.82) is 0 Å². The second-order valence-electron chi connectivity index (χ2n) is 7.36. The molecule has 2 N–H and O–H groups in total. The maximum absolute atomic E-state index is 13.4. The fourth-order valence-electron chi connectivity index (χ4n) is 3.58. The van der Waals surface area contributed by atoms with Crippen LogP contribution in [0.5, 0.6) is 0 Å². The van der Waals surface area contributed by atoms with Gasteiger partial charge in [0.05, 0.1) is 39.5 Å².